The quantitative estimate of drug-likeness (QED) is 0.0401. The number of nitrogens with two attached hydrogens (primary N) is 1. The van der Waals surface area contributed by atoms with Gasteiger partial charge in [0.15, 0.2) is 0 Å². The van der Waals surface area contributed by atoms with Crippen LogP contribution >= 0.6 is 0 Å². The number of carbonyl (C=O) groups is 10. The summed E-state index contributed by atoms with van der Waals surface area (Å²) < 4.78 is 0. The van der Waals surface area contributed by atoms with E-state index in [-0.39, 0.29) is 44.6 Å². The molecular weight excluding hydrogens is 867 g/mol. The third-order valence-electron chi connectivity index (χ3n) is 11.0. The van der Waals surface area contributed by atoms with Gasteiger partial charge >= 0.3 is 5.97 Å². The molecule has 2 fully saturated rings. The van der Waals surface area contributed by atoms with Gasteiger partial charge in [-0.25, -0.2) is 9.78 Å². The molecule has 14 N–H and O–H groups in total. The zero-order chi connectivity index (χ0) is 47.8. The number of fused-ring (bicyclic) bond motifs is 1. The Morgan fingerprint density at radius 3 is 2.11 bits per heavy atom. The van der Waals surface area contributed by atoms with Crippen molar-refractivity contribution in [3.8, 4) is 0 Å². The van der Waals surface area contributed by atoms with Crippen molar-refractivity contribution in [2.75, 3.05) is 39.3 Å². The lowest BCUT2D eigenvalue weighted by atomic mass is 10.0. The smallest absolute Gasteiger partial charge is 0.326 e. The molecule has 3 aromatic rings. The maximum Gasteiger partial charge on any atom is 0.326 e. The number of nitrogens with zero attached hydrogens (tertiary/aromatic N) is 2. The van der Waals surface area contributed by atoms with Crippen LogP contribution in [0, 0.1) is 0 Å². The summed E-state index contributed by atoms with van der Waals surface area (Å²) in [7, 11) is 0. The molecule has 66 heavy (non-hydrogen) atoms. The number of carboxylic acid groups (broad SMARTS) is 1. The largest absolute Gasteiger partial charge is 0.480 e. The van der Waals surface area contributed by atoms with Crippen molar-refractivity contribution in [1.82, 2.24) is 62.4 Å². The number of primary amides is 1. The number of aromatic amines is 2. The number of hydrogen-bond acceptors (Lipinski definition) is 13. The van der Waals surface area contributed by atoms with Crippen LogP contribution in [0.4, 0.5) is 0 Å². The number of rotatable bonds is 24. The van der Waals surface area contributed by atoms with Gasteiger partial charge in [-0.15, -0.1) is 0 Å². The zero-order valence-corrected chi connectivity index (χ0v) is 35.9. The van der Waals surface area contributed by atoms with Crippen LogP contribution in [0.5, 0.6) is 0 Å². The Balaban J connectivity index is 1.16. The number of amides is 9. The number of nitrogens with one attached hydrogen (secondary N) is 10. The lowest BCUT2D eigenvalue weighted by Crippen LogP contribution is -2.57. The number of carboxylic acids is 1. The highest BCUT2D eigenvalue weighted by Crippen LogP contribution is 2.21. The molecule has 0 unspecified atom stereocenters. The van der Waals surface area contributed by atoms with Crippen LogP contribution in [-0.2, 0) is 60.8 Å². The number of hydrogen-bond donors (Lipinski definition) is 13. The first-order valence-corrected chi connectivity index (χ1v) is 21.3. The van der Waals surface area contributed by atoms with E-state index in [2.05, 4.69) is 57.5 Å². The number of para-hydroxylation sites is 1. The summed E-state index contributed by atoms with van der Waals surface area (Å²) in [6.07, 6.45) is 5.88. The fourth-order valence-corrected chi connectivity index (χ4v) is 7.55. The number of H-pyrrole nitrogens is 2. The summed E-state index contributed by atoms with van der Waals surface area (Å²) in [6, 6.07) is 0.0617. The topological polar surface area (TPSA) is 381 Å². The number of aliphatic carboxylic acids is 1. The molecule has 2 aromatic heterocycles. The monoisotopic (exact) mass is 921 g/mol. The van der Waals surface area contributed by atoms with E-state index in [4.69, 9.17) is 5.73 Å². The summed E-state index contributed by atoms with van der Waals surface area (Å²) in [6.45, 7) is -2.15. The van der Waals surface area contributed by atoms with Gasteiger partial charge in [0, 0.05) is 54.8 Å². The molecule has 4 heterocycles. The van der Waals surface area contributed by atoms with Gasteiger partial charge in [-0.05, 0) is 50.3 Å². The SMILES string of the molecule is NC(=O)CC[C@H](NC(=O)CNC(=O)[C@H](Cc1c[nH]c2ccccc12)NC(=O)[C@H](CO)NC(=O)CNC(=O)CNC(=O)[C@H](Cc1cnc[nH]1)NC(=O)[C@@H]1CCCN1)C(=O)N1CCC[C@H]1C(=O)O. The van der Waals surface area contributed by atoms with Gasteiger partial charge in [-0.3, -0.25) is 43.2 Å². The molecule has 2 saturated heterocycles. The van der Waals surface area contributed by atoms with Crippen molar-refractivity contribution in [2.24, 2.45) is 5.73 Å². The van der Waals surface area contributed by atoms with Gasteiger partial charge in [-0.1, -0.05) is 18.2 Å². The highest BCUT2D eigenvalue weighted by molar-refractivity contribution is 5.97. The fraction of sp³-hybridized carbons (Fsp3) is 0.488. The predicted molar refractivity (Wildman–Crippen MR) is 230 cm³/mol. The van der Waals surface area contributed by atoms with E-state index in [0.29, 0.717) is 41.5 Å². The number of aliphatic hydroxyl groups excluding tert-OH is 1. The summed E-state index contributed by atoms with van der Waals surface area (Å²) in [4.78, 5) is 139. The third kappa shape index (κ3) is 14.3. The lowest BCUT2D eigenvalue weighted by Gasteiger charge is -2.27. The molecule has 0 radical (unpaired) electrons. The van der Waals surface area contributed by atoms with Crippen molar-refractivity contribution in [3.63, 3.8) is 0 Å². The first kappa shape index (κ1) is 49.6. The number of likely N-dealkylation sites (tertiary alicyclic amines) is 1. The molecule has 0 bridgehead atoms. The van der Waals surface area contributed by atoms with Crippen LogP contribution in [0.3, 0.4) is 0 Å². The van der Waals surface area contributed by atoms with Crippen molar-refractivity contribution in [3.05, 3.63) is 54.2 Å². The summed E-state index contributed by atoms with van der Waals surface area (Å²) in [5.41, 5.74) is 7.12. The second-order valence-corrected chi connectivity index (χ2v) is 15.8. The first-order chi connectivity index (χ1) is 31.6. The average molecular weight is 922 g/mol. The Labute approximate surface area is 376 Å². The maximum atomic E-state index is 13.7. The minimum atomic E-state index is -1.63. The Bertz CT molecular complexity index is 2240. The van der Waals surface area contributed by atoms with Crippen LogP contribution < -0.4 is 48.3 Å². The van der Waals surface area contributed by atoms with E-state index < -0.39 is 116 Å². The predicted octanol–water partition coefficient (Wildman–Crippen LogP) is -4.95. The van der Waals surface area contributed by atoms with Gasteiger partial charge < -0.3 is 73.3 Å². The second-order valence-electron chi connectivity index (χ2n) is 15.8. The average Bonchev–Trinajstić information content (AvgIpc) is 4.15. The summed E-state index contributed by atoms with van der Waals surface area (Å²) in [5, 5.41) is 40.4. The van der Waals surface area contributed by atoms with E-state index in [1.807, 2.05) is 0 Å². The molecule has 25 heteroatoms. The normalized spacial score (nSPS) is 17.4. The minimum absolute atomic E-state index is 0.0533. The Hall–Kier alpha value is -7.41. The van der Waals surface area contributed by atoms with Gasteiger partial charge in [0.1, 0.15) is 30.2 Å². The lowest BCUT2D eigenvalue weighted by molar-refractivity contribution is -0.149. The van der Waals surface area contributed by atoms with Crippen molar-refractivity contribution in [1.29, 1.82) is 0 Å². The first-order valence-electron chi connectivity index (χ1n) is 21.3. The van der Waals surface area contributed by atoms with E-state index >= 15 is 0 Å². The summed E-state index contributed by atoms with van der Waals surface area (Å²) in [5.74, 6) is -8.27. The zero-order valence-electron chi connectivity index (χ0n) is 35.9. The maximum absolute atomic E-state index is 13.7. The molecule has 2 aliphatic rings. The van der Waals surface area contributed by atoms with Crippen LogP contribution in [0.2, 0.25) is 0 Å². The van der Waals surface area contributed by atoms with Crippen molar-refractivity contribution >= 4 is 70.0 Å². The number of aliphatic hydroxyl groups is 1. The van der Waals surface area contributed by atoms with Crippen LogP contribution in [0.1, 0.15) is 49.8 Å². The van der Waals surface area contributed by atoms with E-state index in [1.54, 1.807) is 30.5 Å². The molecule has 9 amide bonds. The standard InChI is InChI=1S/C41H55N13O12/c42-32(56)10-9-27(40(64)54-12-4-8-31(54)41(65)66)50-35(59)19-48-36(60)28(13-22-15-45-25-6-2-1-5-24(22)25)52-39(63)30(20-55)51-34(58)18-46-33(57)17-47-37(61)29(14-23-16-43-21-49-23)53-38(62)26-7-3-11-44-26/h1-2,5-6,15-16,21,26-31,44-45,55H,3-4,7-14,17-20H2,(H2,42,56)(H,43,49)(H,46,57)(H,47,61)(H,48,60)(H,50,59)(H,51,58)(H,52,63)(H,53,62)(H,65,66)/t26-,27-,28-,29-,30-,31-/m0/s1. The van der Waals surface area contributed by atoms with Gasteiger partial charge in [-0.2, -0.15) is 0 Å². The number of carbonyl (C=O) groups excluding carboxylic acids is 9. The van der Waals surface area contributed by atoms with Crippen molar-refractivity contribution in [2.45, 2.75) is 87.6 Å². The molecule has 356 valence electrons. The molecule has 1 aromatic carbocycles. The van der Waals surface area contributed by atoms with Gasteiger partial charge in [0.25, 0.3) is 0 Å². The van der Waals surface area contributed by atoms with Crippen LogP contribution in [0.15, 0.2) is 43.0 Å². The number of imidazole rings is 1. The molecule has 5 rings (SSSR count). The molecule has 2 aliphatic heterocycles. The molecule has 6 atom stereocenters. The Morgan fingerprint density at radius 2 is 1.45 bits per heavy atom. The van der Waals surface area contributed by atoms with Crippen LogP contribution in [-0.4, -0.2) is 165 Å². The fourth-order valence-electron chi connectivity index (χ4n) is 7.55. The van der Waals surface area contributed by atoms with E-state index in [9.17, 15) is 58.2 Å². The third-order valence-corrected chi connectivity index (χ3v) is 11.0. The number of aromatic nitrogens is 3. The minimum Gasteiger partial charge on any atom is -0.480 e. The molecular formula is C41H55N13O12. The Kier molecular flexibility index (Phi) is 18.1. The van der Waals surface area contributed by atoms with E-state index in [0.717, 1.165) is 11.3 Å². The second kappa shape index (κ2) is 24.0. The number of benzene rings is 1. The van der Waals surface area contributed by atoms with Crippen LogP contribution in [0.25, 0.3) is 10.9 Å². The molecule has 0 spiro atoms. The van der Waals surface area contributed by atoms with E-state index in [1.165, 1.54) is 12.5 Å². The van der Waals surface area contributed by atoms with Gasteiger partial charge in [0.2, 0.25) is 53.2 Å². The molecule has 0 aliphatic carbocycles. The van der Waals surface area contributed by atoms with Crippen molar-refractivity contribution < 1.29 is 58.2 Å². The highest BCUT2D eigenvalue weighted by Gasteiger charge is 2.38. The highest BCUT2D eigenvalue weighted by atomic mass is 16.4. The molecule has 25 nitrogen and oxygen atoms in total. The molecule has 0 saturated carbocycles. The van der Waals surface area contributed by atoms with Gasteiger partial charge in [0.05, 0.1) is 38.6 Å². The Morgan fingerprint density at radius 1 is 0.773 bits per heavy atom. The summed E-state index contributed by atoms with van der Waals surface area (Å²) >= 11 is 0.